The van der Waals surface area contributed by atoms with Crippen LogP contribution in [0.25, 0.3) is 0 Å². The Morgan fingerprint density at radius 2 is 1.21 bits per heavy atom. The molecule has 0 aliphatic rings. The largest absolute Gasteiger partial charge is 0.309 e. The molecule has 0 aromatic carbocycles. The van der Waals surface area contributed by atoms with E-state index < -0.39 is 0 Å². The minimum Gasteiger partial charge on any atom is -0.309 e. The fraction of sp³-hybridized carbons (Fsp3) is 0.522. The van der Waals surface area contributed by atoms with Crippen molar-refractivity contribution in [2.45, 2.75) is 38.5 Å². The SMILES string of the molecule is Cc1cnccc1C(CC(=O)CC(CN(C)C)c1ccncc1C)CN(C)C. The molecule has 152 valence electrons. The minimum absolute atomic E-state index is 0.184. The Morgan fingerprint density at radius 3 is 1.54 bits per heavy atom. The molecule has 0 amide bonds. The van der Waals surface area contributed by atoms with Gasteiger partial charge in [-0.05, 0) is 76.4 Å². The van der Waals surface area contributed by atoms with Crippen molar-refractivity contribution >= 4 is 5.78 Å². The summed E-state index contributed by atoms with van der Waals surface area (Å²) >= 11 is 0. The van der Waals surface area contributed by atoms with Crippen molar-refractivity contribution < 1.29 is 4.79 Å². The number of carbonyl (C=O) groups is 1. The molecule has 0 saturated heterocycles. The smallest absolute Gasteiger partial charge is 0.134 e. The van der Waals surface area contributed by atoms with Crippen LogP contribution in [0.15, 0.2) is 36.9 Å². The molecule has 5 heteroatoms. The molecule has 0 aliphatic carbocycles. The zero-order chi connectivity index (χ0) is 20.7. The number of likely N-dealkylation sites (N-methyl/N-ethyl adjacent to an activating group) is 2. The van der Waals surface area contributed by atoms with Gasteiger partial charge in [0.15, 0.2) is 0 Å². The van der Waals surface area contributed by atoms with Crippen molar-refractivity contribution in [2.24, 2.45) is 0 Å². The molecular weight excluding hydrogens is 348 g/mol. The first-order valence-electron chi connectivity index (χ1n) is 9.90. The van der Waals surface area contributed by atoms with Crippen molar-refractivity contribution in [3.8, 4) is 0 Å². The molecule has 0 bridgehead atoms. The summed E-state index contributed by atoms with van der Waals surface area (Å²) in [6.07, 6.45) is 8.53. The Hall–Kier alpha value is -2.11. The molecular formula is C23H34N4O. The number of aryl methyl sites for hydroxylation is 2. The zero-order valence-corrected chi connectivity index (χ0v) is 18.1. The van der Waals surface area contributed by atoms with Crippen molar-refractivity contribution in [1.82, 2.24) is 19.8 Å². The number of nitrogens with zero attached hydrogens (tertiary/aromatic N) is 4. The third-order valence-electron chi connectivity index (χ3n) is 5.13. The van der Waals surface area contributed by atoms with Crippen LogP contribution in [0, 0.1) is 13.8 Å². The van der Waals surface area contributed by atoms with E-state index in [0.717, 1.165) is 24.2 Å². The third kappa shape index (κ3) is 6.50. The molecule has 2 rings (SSSR count). The molecule has 2 aromatic heterocycles. The standard InChI is InChI=1S/C23H34N4O/c1-17-13-24-9-7-22(17)19(15-26(3)4)11-21(28)12-20(16-27(5)6)23-8-10-25-14-18(23)2/h7-10,13-14,19-20H,11-12,15-16H2,1-6H3. The molecule has 0 fully saturated rings. The van der Waals surface area contributed by atoms with Gasteiger partial charge in [0.1, 0.15) is 5.78 Å². The van der Waals surface area contributed by atoms with Crippen LogP contribution in [0.5, 0.6) is 0 Å². The third-order valence-corrected chi connectivity index (χ3v) is 5.13. The molecule has 0 aliphatic heterocycles. The summed E-state index contributed by atoms with van der Waals surface area (Å²) in [5.74, 6) is 0.680. The number of ketones is 1. The first-order chi connectivity index (χ1) is 13.3. The van der Waals surface area contributed by atoms with Crippen LogP contribution in [-0.2, 0) is 4.79 Å². The predicted molar refractivity (Wildman–Crippen MR) is 115 cm³/mol. The van der Waals surface area contributed by atoms with Crippen LogP contribution < -0.4 is 0 Å². The number of carbonyl (C=O) groups excluding carboxylic acids is 1. The summed E-state index contributed by atoms with van der Waals surface area (Å²) in [6, 6.07) is 4.11. The summed E-state index contributed by atoms with van der Waals surface area (Å²) in [4.78, 5) is 25.8. The molecule has 0 saturated carbocycles. The van der Waals surface area contributed by atoms with Gasteiger partial charge in [0.2, 0.25) is 0 Å². The summed E-state index contributed by atoms with van der Waals surface area (Å²) in [5, 5.41) is 0. The van der Waals surface area contributed by atoms with E-state index in [9.17, 15) is 4.79 Å². The lowest BCUT2D eigenvalue weighted by atomic mass is 9.86. The quantitative estimate of drug-likeness (QED) is 0.630. The molecule has 28 heavy (non-hydrogen) atoms. The van der Waals surface area contributed by atoms with Crippen LogP contribution in [0.2, 0.25) is 0 Å². The highest BCUT2D eigenvalue weighted by Gasteiger charge is 2.23. The lowest BCUT2D eigenvalue weighted by Gasteiger charge is -2.25. The predicted octanol–water partition coefficient (Wildman–Crippen LogP) is 3.43. The average molecular weight is 383 g/mol. The summed E-state index contributed by atoms with van der Waals surface area (Å²) in [7, 11) is 8.23. The Bertz CT molecular complexity index is 709. The van der Waals surface area contributed by atoms with Crippen molar-refractivity contribution in [1.29, 1.82) is 0 Å². The Kier molecular flexibility index (Phi) is 8.27. The highest BCUT2D eigenvalue weighted by Crippen LogP contribution is 2.28. The van der Waals surface area contributed by atoms with Crippen LogP contribution in [0.4, 0.5) is 0 Å². The molecule has 2 heterocycles. The Balaban J connectivity index is 2.19. The van der Waals surface area contributed by atoms with Crippen LogP contribution >= 0.6 is 0 Å². The summed E-state index contributed by atoms with van der Waals surface area (Å²) in [5.41, 5.74) is 4.75. The van der Waals surface area contributed by atoms with E-state index in [2.05, 4.69) is 73.9 Å². The van der Waals surface area contributed by atoms with Gasteiger partial charge in [-0.15, -0.1) is 0 Å². The molecule has 0 radical (unpaired) electrons. The highest BCUT2D eigenvalue weighted by atomic mass is 16.1. The number of rotatable bonds is 10. The topological polar surface area (TPSA) is 49.3 Å². The van der Waals surface area contributed by atoms with E-state index in [0.29, 0.717) is 18.6 Å². The maximum atomic E-state index is 13.1. The molecule has 0 N–H and O–H groups in total. The maximum absolute atomic E-state index is 13.1. The van der Waals surface area contributed by atoms with E-state index in [1.165, 1.54) is 11.1 Å². The second-order valence-electron chi connectivity index (χ2n) is 8.33. The zero-order valence-electron chi connectivity index (χ0n) is 18.1. The van der Waals surface area contributed by atoms with Crippen LogP contribution in [0.3, 0.4) is 0 Å². The van der Waals surface area contributed by atoms with Gasteiger partial charge < -0.3 is 9.80 Å². The molecule has 2 unspecified atom stereocenters. The molecule has 5 nitrogen and oxygen atoms in total. The van der Waals surface area contributed by atoms with Crippen molar-refractivity contribution in [3.05, 3.63) is 59.2 Å². The monoisotopic (exact) mass is 382 g/mol. The molecule has 2 aromatic rings. The first kappa shape index (κ1) is 22.2. The number of pyridine rings is 2. The van der Waals surface area contributed by atoms with Crippen LogP contribution in [-0.4, -0.2) is 66.8 Å². The molecule has 0 spiro atoms. The number of hydrogen-bond acceptors (Lipinski definition) is 5. The Morgan fingerprint density at radius 1 is 0.821 bits per heavy atom. The van der Waals surface area contributed by atoms with E-state index in [4.69, 9.17) is 0 Å². The van der Waals surface area contributed by atoms with Gasteiger partial charge in [0.25, 0.3) is 0 Å². The first-order valence-corrected chi connectivity index (χ1v) is 9.90. The van der Waals surface area contributed by atoms with E-state index in [1.54, 1.807) is 0 Å². The molecule has 2 atom stereocenters. The number of hydrogen-bond donors (Lipinski definition) is 0. The van der Waals surface area contributed by atoms with Crippen molar-refractivity contribution in [3.63, 3.8) is 0 Å². The van der Waals surface area contributed by atoms with Gasteiger partial charge in [0.05, 0.1) is 0 Å². The second kappa shape index (κ2) is 10.4. The van der Waals surface area contributed by atoms with Gasteiger partial charge in [0, 0.05) is 62.6 Å². The minimum atomic E-state index is 0.184. The summed E-state index contributed by atoms with van der Waals surface area (Å²) in [6.45, 7) is 5.85. The van der Waals surface area contributed by atoms with Crippen LogP contribution in [0.1, 0.15) is 46.9 Å². The van der Waals surface area contributed by atoms with E-state index >= 15 is 0 Å². The second-order valence-corrected chi connectivity index (χ2v) is 8.33. The summed E-state index contributed by atoms with van der Waals surface area (Å²) < 4.78 is 0. The lowest BCUT2D eigenvalue weighted by Crippen LogP contribution is -2.26. The van der Waals surface area contributed by atoms with Gasteiger partial charge in [-0.3, -0.25) is 14.8 Å². The highest BCUT2D eigenvalue weighted by molar-refractivity contribution is 5.80. The average Bonchev–Trinajstić information content (AvgIpc) is 2.60. The lowest BCUT2D eigenvalue weighted by molar-refractivity contribution is -0.120. The Labute approximate surface area is 169 Å². The van der Waals surface area contributed by atoms with Gasteiger partial charge in [-0.25, -0.2) is 0 Å². The fourth-order valence-electron chi connectivity index (χ4n) is 3.94. The van der Waals surface area contributed by atoms with E-state index in [1.807, 2.05) is 24.8 Å². The van der Waals surface area contributed by atoms with Gasteiger partial charge in [-0.1, -0.05) is 0 Å². The van der Waals surface area contributed by atoms with Gasteiger partial charge >= 0.3 is 0 Å². The normalized spacial score (nSPS) is 13.7. The van der Waals surface area contributed by atoms with Gasteiger partial charge in [-0.2, -0.15) is 0 Å². The number of aromatic nitrogens is 2. The van der Waals surface area contributed by atoms with E-state index in [-0.39, 0.29) is 11.8 Å². The fourth-order valence-corrected chi connectivity index (χ4v) is 3.94. The van der Waals surface area contributed by atoms with Crippen molar-refractivity contribution in [2.75, 3.05) is 41.3 Å². The number of Topliss-reactive ketones (excluding diaryl/α,β-unsaturated/α-hetero) is 1. The maximum Gasteiger partial charge on any atom is 0.134 e.